The summed E-state index contributed by atoms with van der Waals surface area (Å²) in [6.45, 7) is 3.67. The van der Waals surface area contributed by atoms with Crippen LogP contribution in [0.5, 0.6) is 0 Å². The second kappa shape index (κ2) is 6.56. The number of hydrogen-bond acceptors (Lipinski definition) is 3. The summed E-state index contributed by atoms with van der Waals surface area (Å²) in [4.78, 5) is 0.234. The molecule has 0 bridgehead atoms. The fraction of sp³-hybridized carbons (Fsp3) is 0.400. The van der Waals surface area contributed by atoms with E-state index in [9.17, 15) is 8.42 Å². The van der Waals surface area contributed by atoms with Crippen LogP contribution in [0.2, 0.25) is 5.02 Å². The van der Waals surface area contributed by atoms with Crippen LogP contribution >= 0.6 is 24.0 Å². The van der Waals surface area contributed by atoms with Gasteiger partial charge in [-0.2, -0.15) is 0 Å². The minimum absolute atomic E-state index is 0. The number of rotatable bonds is 4. The van der Waals surface area contributed by atoms with Gasteiger partial charge in [-0.1, -0.05) is 11.6 Å². The first-order chi connectivity index (χ1) is 7.36. The van der Waals surface area contributed by atoms with Crippen molar-refractivity contribution >= 4 is 34.0 Å². The molecule has 1 rings (SSSR count). The van der Waals surface area contributed by atoms with Gasteiger partial charge in [-0.15, -0.1) is 12.4 Å². The van der Waals surface area contributed by atoms with Crippen molar-refractivity contribution in [3.63, 3.8) is 0 Å². The Morgan fingerprint density at radius 2 is 2.06 bits per heavy atom. The molecule has 0 radical (unpaired) electrons. The number of aryl methyl sites for hydroxylation is 1. The largest absolute Gasteiger partial charge is 0.329 e. The zero-order valence-corrected chi connectivity index (χ0v) is 12.0. The third-order valence-corrected chi connectivity index (χ3v) is 4.12. The second-order valence-corrected chi connectivity index (χ2v) is 5.79. The van der Waals surface area contributed by atoms with Crippen LogP contribution < -0.4 is 10.5 Å². The van der Waals surface area contributed by atoms with Crippen molar-refractivity contribution < 1.29 is 8.42 Å². The summed E-state index contributed by atoms with van der Waals surface area (Å²) in [5, 5.41) is 0.517. The summed E-state index contributed by atoms with van der Waals surface area (Å²) in [7, 11) is -3.51. The van der Waals surface area contributed by atoms with Crippen LogP contribution in [0.15, 0.2) is 23.1 Å². The molecule has 0 aromatic heterocycles. The van der Waals surface area contributed by atoms with E-state index >= 15 is 0 Å². The lowest BCUT2D eigenvalue weighted by atomic mass is 10.2. The van der Waals surface area contributed by atoms with Gasteiger partial charge in [0.15, 0.2) is 0 Å². The molecule has 1 atom stereocenters. The van der Waals surface area contributed by atoms with Crippen LogP contribution in [0.4, 0.5) is 0 Å². The molecule has 7 heteroatoms. The van der Waals surface area contributed by atoms with Crippen molar-refractivity contribution in [1.82, 2.24) is 4.72 Å². The van der Waals surface area contributed by atoms with Crippen molar-refractivity contribution in [2.24, 2.45) is 5.73 Å². The molecule has 4 nitrogen and oxygen atoms in total. The van der Waals surface area contributed by atoms with Crippen molar-refractivity contribution in [2.75, 3.05) is 6.54 Å². The van der Waals surface area contributed by atoms with E-state index in [1.54, 1.807) is 26.0 Å². The highest BCUT2D eigenvalue weighted by atomic mass is 35.5. The zero-order valence-electron chi connectivity index (χ0n) is 9.60. The van der Waals surface area contributed by atoms with Gasteiger partial charge < -0.3 is 5.73 Å². The smallest absolute Gasteiger partial charge is 0.241 e. The quantitative estimate of drug-likeness (QED) is 0.888. The monoisotopic (exact) mass is 298 g/mol. The number of nitrogens with one attached hydrogen (secondary N) is 1. The molecule has 0 spiro atoms. The van der Waals surface area contributed by atoms with Crippen molar-refractivity contribution in [3.8, 4) is 0 Å². The Bertz CT molecular complexity index is 477. The highest BCUT2D eigenvalue weighted by Crippen LogP contribution is 2.19. The molecule has 0 amide bonds. The van der Waals surface area contributed by atoms with E-state index in [0.29, 0.717) is 10.6 Å². The third-order valence-electron chi connectivity index (χ3n) is 2.14. The van der Waals surface area contributed by atoms with Gasteiger partial charge in [-0.05, 0) is 37.6 Å². The van der Waals surface area contributed by atoms with E-state index < -0.39 is 10.0 Å². The molecule has 1 aromatic carbocycles. The Morgan fingerprint density at radius 3 is 2.53 bits per heavy atom. The van der Waals surface area contributed by atoms with E-state index in [2.05, 4.69) is 4.72 Å². The molecule has 0 aliphatic rings. The molecule has 0 saturated heterocycles. The molecule has 1 aromatic rings. The maximum Gasteiger partial charge on any atom is 0.241 e. The van der Waals surface area contributed by atoms with Gasteiger partial charge in [0.05, 0.1) is 4.90 Å². The van der Waals surface area contributed by atoms with E-state index in [-0.39, 0.29) is 29.9 Å². The number of benzene rings is 1. The lowest BCUT2D eigenvalue weighted by molar-refractivity contribution is 0.562. The molecule has 17 heavy (non-hydrogen) atoms. The lowest BCUT2D eigenvalue weighted by Crippen LogP contribution is -2.37. The van der Waals surface area contributed by atoms with Gasteiger partial charge >= 0.3 is 0 Å². The highest BCUT2D eigenvalue weighted by Gasteiger charge is 2.18. The van der Waals surface area contributed by atoms with Gasteiger partial charge in [0.1, 0.15) is 0 Å². The fourth-order valence-electron chi connectivity index (χ4n) is 1.29. The molecule has 0 unspecified atom stereocenters. The summed E-state index contributed by atoms with van der Waals surface area (Å²) in [6.07, 6.45) is 0. The maximum absolute atomic E-state index is 11.9. The molecular weight excluding hydrogens is 283 g/mol. The topological polar surface area (TPSA) is 72.2 Å². The average molecular weight is 299 g/mol. The van der Waals surface area contributed by atoms with Crippen LogP contribution in [0.3, 0.4) is 0 Å². The first-order valence-corrected chi connectivity index (χ1v) is 6.71. The van der Waals surface area contributed by atoms with Gasteiger partial charge in [0, 0.05) is 17.6 Å². The van der Waals surface area contributed by atoms with Gasteiger partial charge in [0.2, 0.25) is 10.0 Å². The molecule has 0 aliphatic heterocycles. The summed E-state index contributed by atoms with van der Waals surface area (Å²) >= 11 is 5.76. The number of sulfonamides is 1. The summed E-state index contributed by atoms with van der Waals surface area (Å²) in [5.41, 5.74) is 5.99. The average Bonchev–Trinajstić information content (AvgIpc) is 2.16. The third kappa shape index (κ3) is 4.44. The predicted octanol–water partition coefficient (Wildman–Crippen LogP) is 1.70. The summed E-state index contributed by atoms with van der Waals surface area (Å²) < 4.78 is 26.3. The van der Waals surface area contributed by atoms with Crippen molar-refractivity contribution in [1.29, 1.82) is 0 Å². The van der Waals surface area contributed by atoms with Crippen LogP contribution in [0.1, 0.15) is 12.5 Å². The lowest BCUT2D eigenvalue weighted by Gasteiger charge is -2.13. The standard InChI is InChI=1S/C10H15ClN2O2S.ClH/c1-7-5-9(11)3-4-10(7)16(14,15)13-8(2)6-12;/h3-5,8,13H,6,12H2,1-2H3;1H/t8-;/m1./s1. The maximum atomic E-state index is 11.9. The molecule has 0 aliphatic carbocycles. The van der Waals surface area contributed by atoms with Crippen molar-refractivity contribution in [3.05, 3.63) is 28.8 Å². The molecular formula is C10H16Cl2N2O2S. The summed E-state index contributed by atoms with van der Waals surface area (Å²) in [5.74, 6) is 0. The molecule has 3 N–H and O–H groups in total. The Balaban J connectivity index is 0.00000256. The van der Waals surface area contributed by atoms with Crippen molar-refractivity contribution in [2.45, 2.75) is 24.8 Å². The number of nitrogens with two attached hydrogens (primary N) is 1. The minimum Gasteiger partial charge on any atom is -0.329 e. The zero-order chi connectivity index (χ0) is 12.3. The van der Waals surface area contributed by atoms with Gasteiger partial charge in [-0.25, -0.2) is 13.1 Å². The van der Waals surface area contributed by atoms with Crippen LogP contribution in [0.25, 0.3) is 0 Å². The Labute approximate surface area is 113 Å². The Morgan fingerprint density at radius 1 is 1.47 bits per heavy atom. The Kier molecular flexibility index (Phi) is 6.43. The van der Waals surface area contributed by atoms with E-state index in [4.69, 9.17) is 17.3 Å². The van der Waals surface area contributed by atoms with Gasteiger partial charge in [-0.3, -0.25) is 0 Å². The first kappa shape index (κ1) is 16.7. The fourth-order valence-corrected chi connectivity index (χ4v) is 3.00. The van der Waals surface area contributed by atoms with Crippen LogP contribution in [-0.2, 0) is 10.0 Å². The van der Waals surface area contributed by atoms with E-state index in [1.807, 2.05) is 0 Å². The van der Waals surface area contributed by atoms with Crippen LogP contribution in [-0.4, -0.2) is 21.0 Å². The molecule has 0 fully saturated rings. The van der Waals surface area contributed by atoms with E-state index in [0.717, 1.165) is 0 Å². The SMILES string of the molecule is Cc1cc(Cl)ccc1S(=O)(=O)N[C@H](C)CN.Cl. The Hall–Kier alpha value is -0.330. The van der Waals surface area contributed by atoms with Gasteiger partial charge in [0.25, 0.3) is 0 Å². The number of halogens is 2. The first-order valence-electron chi connectivity index (χ1n) is 4.85. The molecule has 98 valence electrons. The minimum atomic E-state index is -3.51. The molecule has 0 heterocycles. The highest BCUT2D eigenvalue weighted by molar-refractivity contribution is 7.89. The normalized spacial score (nSPS) is 12.9. The van der Waals surface area contributed by atoms with Crippen LogP contribution in [0, 0.1) is 6.92 Å². The second-order valence-electron chi connectivity index (χ2n) is 3.67. The van der Waals surface area contributed by atoms with E-state index in [1.165, 1.54) is 6.07 Å². The molecule has 0 saturated carbocycles. The number of hydrogen-bond donors (Lipinski definition) is 2. The summed E-state index contributed by atoms with van der Waals surface area (Å²) in [6, 6.07) is 4.36. The predicted molar refractivity (Wildman–Crippen MR) is 72.3 cm³/mol.